The molecule has 2 aromatic carbocycles. The number of carboxylic acid groups (broad SMARTS) is 4. The zero-order valence-electron chi connectivity index (χ0n) is 13.5. The van der Waals surface area contributed by atoms with E-state index in [9.17, 15) is 27.6 Å². The molecule has 0 fully saturated rings. The number of carboxylic acids is 4. The summed E-state index contributed by atoms with van der Waals surface area (Å²) in [5.74, 6) is -7.01. The molecule has 4 N–H and O–H groups in total. The first-order valence-corrected chi connectivity index (χ1v) is 8.50. The molecule has 0 unspecified atom stereocenters. The molecule has 28 heavy (non-hydrogen) atoms. The number of hydrogen-bond acceptors (Lipinski definition) is 7. The van der Waals surface area contributed by atoms with Crippen molar-refractivity contribution in [1.82, 2.24) is 0 Å². The van der Waals surface area contributed by atoms with Gasteiger partial charge in [-0.1, -0.05) is 0 Å². The van der Waals surface area contributed by atoms with Gasteiger partial charge in [-0.15, -0.1) is 0 Å². The first kappa shape index (κ1) is 20.4. The molecule has 146 valence electrons. The molecule has 2 aromatic rings. The number of aromatic carboxylic acids is 4. The van der Waals surface area contributed by atoms with E-state index in [1.807, 2.05) is 0 Å². The lowest BCUT2D eigenvalue weighted by Crippen LogP contribution is -2.14. The van der Waals surface area contributed by atoms with Crippen LogP contribution in [-0.4, -0.2) is 52.7 Å². The van der Waals surface area contributed by atoms with Crippen LogP contribution in [0, 0.1) is 0 Å². The minimum Gasteiger partial charge on any atom is -0.478 e. The van der Waals surface area contributed by atoms with Crippen LogP contribution >= 0.6 is 0 Å². The highest BCUT2D eigenvalue weighted by molar-refractivity contribution is 7.87. The predicted octanol–water partition coefficient (Wildman–Crippen LogP) is 1.25. The van der Waals surface area contributed by atoms with Gasteiger partial charge in [-0.2, -0.15) is 8.42 Å². The molecule has 2 rings (SSSR count). The summed E-state index contributed by atoms with van der Waals surface area (Å²) in [6, 6.07) is 4.54. The van der Waals surface area contributed by atoms with E-state index in [1.165, 1.54) is 0 Å². The zero-order chi connectivity index (χ0) is 21.2. The first-order chi connectivity index (χ1) is 12.9. The monoisotopic (exact) mass is 410 g/mol. The van der Waals surface area contributed by atoms with Crippen LogP contribution < -0.4 is 4.18 Å². The van der Waals surface area contributed by atoms with Crippen LogP contribution in [-0.2, 0) is 10.1 Å². The summed E-state index contributed by atoms with van der Waals surface area (Å²) in [7, 11) is -4.68. The molecular formula is C16H10O11S. The van der Waals surface area contributed by atoms with Crippen LogP contribution in [0.25, 0.3) is 0 Å². The molecule has 0 aliphatic heterocycles. The lowest BCUT2D eigenvalue weighted by atomic mass is 10.1. The average molecular weight is 410 g/mol. The summed E-state index contributed by atoms with van der Waals surface area (Å²) in [6.45, 7) is 0. The van der Waals surface area contributed by atoms with Gasteiger partial charge in [0.25, 0.3) is 0 Å². The Morgan fingerprint density at radius 3 is 1.54 bits per heavy atom. The molecule has 0 aliphatic carbocycles. The Hall–Kier alpha value is -3.93. The quantitative estimate of drug-likeness (QED) is 0.480. The van der Waals surface area contributed by atoms with Gasteiger partial charge in [0.1, 0.15) is 10.6 Å². The molecule has 0 saturated heterocycles. The van der Waals surface area contributed by atoms with Crippen molar-refractivity contribution in [2.24, 2.45) is 0 Å². The Balaban J connectivity index is 2.49. The maximum atomic E-state index is 12.3. The smallest absolute Gasteiger partial charge is 0.339 e. The van der Waals surface area contributed by atoms with Crippen molar-refractivity contribution in [1.29, 1.82) is 0 Å². The van der Waals surface area contributed by atoms with E-state index in [0.717, 1.165) is 24.3 Å². The molecule has 12 heteroatoms. The third kappa shape index (κ3) is 4.07. The van der Waals surface area contributed by atoms with E-state index < -0.39 is 66.9 Å². The van der Waals surface area contributed by atoms with Gasteiger partial charge in [0.05, 0.1) is 22.3 Å². The minimum atomic E-state index is -4.68. The van der Waals surface area contributed by atoms with Crippen LogP contribution in [0.1, 0.15) is 41.4 Å². The normalized spacial score (nSPS) is 10.9. The summed E-state index contributed by atoms with van der Waals surface area (Å²) in [5.41, 5.74) is -2.78. The molecule has 0 bridgehead atoms. The molecule has 0 amide bonds. The molecular weight excluding hydrogens is 400 g/mol. The Kier molecular flexibility index (Phi) is 5.36. The van der Waals surface area contributed by atoms with Crippen LogP contribution in [0.3, 0.4) is 0 Å². The van der Waals surface area contributed by atoms with Gasteiger partial charge in [0.2, 0.25) is 0 Å². The highest BCUT2D eigenvalue weighted by atomic mass is 32.2. The first-order valence-electron chi connectivity index (χ1n) is 7.10. The molecule has 0 atom stereocenters. The molecule has 0 radical (unpaired) electrons. The summed E-state index contributed by atoms with van der Waals surface area (Å²) in [4.78, 5) is 43.6. The minimum absolute atomic E-state index is 0.540. The van der Waals surface area contributed by atoms with E-state index in [4.69, 9.17) is 24.6 Å². The van der Waals surface area contributed by atoms with E-state index in [-0.39, 0.29) is 0 Å². The molecule has 0 aliphatic rings. The number of rotatable bonds is 7. The van der Waals surface area contributed by atoms with Gasteiger partial charge in [0, 0.05) is 0 Å². The van der Waals surface area contributed by atoms with Crippen LogP contribution in [0.4, 0.5) is 0 Å². The summed E-state index contributed by atoms with van der Waals surface area (Å²) >= 11 is 0. The Morgan fingerprint density at radius 1 is 0.643 bits per heavy atom. The lowest BCUT2D eigenvalue weighted by Gasteiger charge is -2.10. The Morgan fingerprint density at radius 2 is 1.07 bits per heavy atom. The van der Waals surface area contributed by atoms with Gasteiger partial charge < -0.3 is 24.6 Å². The third-order valence-corrected chi connectivity index (χ3v) is 4.64. The van der Waals surface area contributed by atoms with Gasteiger partial charge in [-0.25, -0.2) is 19.2 Å². The molecule has 0 saturated carbocycles. The van der Waals surface area contributed by atoms with Gasteiger partial charge >= 0.3 is 34.0 Å². The number of carbonyl (C=O) groups is 4. The zero-order valence-corrected chi connectivity index (χ0v) is 14.3. The topological polar surface area (TPSA) is 193 Å². The number of hydrogen-bond donors (Lipinski definition) is 4. The Labute approximate surface area is 156 Å². The van der Waals surface area contributed by atoms with Gasteiger partial charge in [0.15, 0.2) is 0 Å². The van der Waals surface area contributed by atoms with Crippen LogP contribution in [0.15, 0.2) is 41.3 Å². The maximum absolute atomic E-state index is 12.3. The van der Waals surface area contributed by atoms with Crippen molar-refractivity contribution in [2.45, 2.75) is 4.90 Å². The molecule has 0 heterocycles. The molecule has 0 aromatic heterocycles. The van der Waals surface area contributed by atoms with Crippen molar-refractivity contribution < 1.29 is 52.2 Å². The second-order valence-corrected chi connectivity index (χ2v) is 6.72. The van der Waals surface area contributed by atoms with E-state index in [0.29, 0.717) is 12.1 Å². The fourth-order valence-corrected chi connectivity index (χ4v) is 3.11. The summed E-state index contributed by atoms with van der Waals surface area (Å²) < 4.78 is 29.4. The van der Waals surface area contributed by atoms with Crippen LogP contribution in [0.5, 0.6) is 5.75 Å². The highest BCUT2D eigenvalue weighted by Crippen LogP contribution is 2.24. The fourth-order valence-electron chi connectivity index (χ4n) is 2.16. The standard InChI is InChI=1S/C16H10O11S/c17-13(18)9-3-1-7(5-11(9)15(21)22)27-28(25,26)8-2-4-10(14(19)20)12(6-8)16(23)24/h1-6H,(H,17,18)(H,19,20)(H,21,22)(H,23,24). The maximum Gasteiger partial charge on any atom is 0.339 e. The third-order valence-electron chi connectivity index (χ3n) is 3.40. The fraction of sp³-hybridized carbons (Fsp3) is 0. The SMILES string of the molecule is O=C(O)c1ccc(OS(=O)(=O)c2ccc(C(=O)O)c(C(=O)O)c2)cc1C(=O)O. The number of benzene rings is 2. The second-order valence-electron chi connectivity index (χ2n) is 5.17. The van der Waals surface area contributed by atoms with Crippen molar-refractivity contribution in [3.63, 3.8) is 0 Å². The van der Waals surface area contributed by atoms with E-state index in [2.05, 4.69) is 0 Å². The second kappa shape index (κ2) is 7.36. The molecule has 0 spiro atoms. The average Bonchev–Trinajstić information content (AvgIpc) is 2.60. The van der Waals surface area contributed by atoms with E-state index >= 15 is 0 Å². The van der Waals surface area contributed by atoms with Crippen LogP contribution in [0.2, 0.25) is 0 Å². The van der Waals surface area contributed by atoms with Crippen molar-refractivity contribution >= 4 is 34.0 Å². The summed E-state index contributed by atoms with van der Waals surface area (Å²) in [6.07, 6.45) is 0. The summed E-state index contributed by atoms with van der Waals surface area (Å²) in [5, 5.41) is 36.0. The lowest BCUT2D eigenvalue weighted by molar-refractivity contribution is 0.0651. The van der Waals surface area contributed by atoms with Crippen molar-refractivity contribution in [2.75, 3.05) is 0 Å². The Bertz CT molecular complexity index is 1120. The van der Waals surface area contributed by atoms with Crippen molar-refractivity contribution in [3.05, 3.63) is 58.7 Å². The molecule has 11 nitrogen and oxygen atoms in total. The van der Waals surface area contributed by atoms with E-state index in [1.54, 1.807) is 0 Å². The van der Waals surface area contributed by atoms with Gasteiger partial charge in [-0.05, 0) is 36.4 Å². The van der Waals surface area contributed by atoms with Crippen molar-refractivity contribution in [3.8, 4) is 5.75 Å². The van der Waals surface area contributed by atoms with Gasteiger partial charge in [-0.3, -0.25) is 0 Å². The largest absolute Gasteiger partial charge is 0.478 e. The predicted molar refractivity (Wildman–Crippen MR) is 88.5 cm³/mol. The highest BCUT2D eigenvalue weighted by Gasteiger charge is 2.24.